The Morgan fingerprint density at radius 3 is 2.38 bits per heavy atom. The summed E-state index contributed by atoms with van der Waals surface area (Å²) in [6.45, 7) is 0. The molecule has 0 spiro atoms. The number of nitrogens with zero attached hydrogens (tertiary/aromatic N) is 3. The lowest BCUT2D eigenvalue weighted by Gasteiger charge is -2.41. The molecule has 8 rings (SSSR count). The number of primary amides is 1. The summed E-state index contributed by atoms with van der Waals surface area (Å²) < 4.78 is 4.47. The highest BCUT2D eigenvalue weighted by atomic mass is 16.2. The van der Waals surface area contributed by atoms with Crippen molar-refractivity contribution < 1.29 is 4.79 Å². The Morgan fingerprint density at radius 1 is 0.958 bits per heavy atom. The molecule has 1 amide bonds. The first-order valence-corrected chi connectivity index (χ1v) is 8.43. The second kappa shape index (κ2) is 3.03. The maximum Gasteiger partial charge on any atom is 0.352 e. The Bertz CT molecular complexity index is 1100. The van der Waals surface area contributed by atoms with Gasteiger partial charge in [0.2, 0.25) is 5.91 Å². The lowest BCUT2D eigenvalue weighted by Crippen LogP contribution is -2.52. The molecule has 4 aliphatic carbocycles. The summed E-state index contributed by atoms with van der Waals surface area (Å²) in [6, 6.07) is 8.74. The van der Waals surface area contributed by atoms with Gasteiger partial charge in [-0.3, -0.25) is 4.79 Å². The molecule has 0 radical (unpaired) electrons. The summed E-state index contributed by atoms with van der Waals surface area (Å²) in [7, 11) is 0. The number of benzene rings is 1. The van der Waals surface area contributed by atoms with Gasteiger partial charge in [-0.2, -0.15) is 0 Å². The van der Waals surface area contributed by atoms with E-state index in [-0.39, 0.29) is 35.3 Å². The number of carbonyl (C=O) groups excluding carboxylic acids is 1. The van der Waals surface area contributed by atoms with E-state index in [2.05, 4.69) is 0 Å². The van der Waals surface area contributed by atoms with Gasteiger partial charge in [0, 0.05) is 5.92 Å². The predicted molar refractivity (Wildman–Crippen MR) is 81.4 cm³/mol. The molecule has 8 atom stereocenters. The fourth-order valence-corrected chi connectivity index (χ4v) is 7.16. The first-order chi connectivity index (χ1) is 11.6. The summed E-state index contributed by atoms with van der Waals surface area (Å²) in [5.41, 5.74) is 5.17. The van der Waals surface area contributed by atoms with Crippen LogP contribution in [-0.4, -0.2) is 19.8 Å². The number of rotatable bonds is 2. The van der Waals surface area contributed by atoms with Crippen molar-refractivity contribution in [2.24, 2.45) is 40.7 Å². The molecule has 120 valence electrons. The first kappa shape index (κ1) is 11.9. The molecule has 4 fully saturated rings. The maximum atomic E-state index is 13.1. The third-order valence-corrected chi connectivity index (χ3v) is 7.60. The minimum Gasteiger partial charge on any atom is -0.369 e. The third-order valence-electron chi connectivity index (χ3n) is 7.60. The molecule has 6 aliphatic rings. The van der Waals surface area contributed by atoms with Gasteiger partial charge < -0.3 is 5.73 Å². The van der Waals surface area contributed by atoms with Crippen LogP contribution in [0.15, 0.2) is 39.9 Å². The smallest absolute Gasteiger partial charge is 0.352 e. The quantitative estimate of drug-likeness (QED) is 0.808. The Balaban J connectivity index is 1.56. The fraction of sp³-hybridized carbons (Fsp3) is 0.471. The molecule has 0 saturated heterocycles. The average molecular weight is 322 g/mol. The zero-order chi connectivity index (χ0) is 16.1. The van der Waals surface area contributed by atoms with Crippen molar-refractivity contribution in [2.75, 3.05) is 0 Å². The van der Waals surface area contributed by atoms with Crippen molar-refractivity contribution in [1.29, 1.82) is 0 Å². The third kappa shape index (κ3) is 0.825. The largest absolute Gasteiger partial charge is 0.369 e. The van der Waals surface area contributed by atoms with Crippen LogP contribution >= 0.6 is 0 Å². The number of amides is 1. The van der Waals surface area contributed by atoms with Crippen molar-refractivity contribution in [3.63, 3.8) is 0 Å². The first-order valence-electron chi connectivity index (χ1n) is 8.43. The number of hydrogen-bond acceptors (Lipinski definition) is 3. The molecule has 0 unspecified atom stereocenters. The topological polar surface area (TPSA) is 92.0 Å². The molecule has 7 heteroatoms. The van der Waals surface area contributed by atoms with Crippen molar-refractivity contribution in [1.82, 2.24) is 13.9 Å². The Kier molecular flexibility index (Phi) is 1.50. The number of nitrogens with two attached hydrogens (primary N) is 1. The Labute approximate surface area is 135 Å². The van der Waals surface area contributed by atoms with E-state index in [0.717, 1.165) is 0 Å². The SMILES string of the molecule is NC(=O)[C@]12[C@@H]3[C@@H]4[C@@H]5[C@H]4[C@H]1n1c(=O)n(-c4ccccc4)c(=O)n1[C@H]5[C@H]32. The highest BCUT2D eigenvalue weighted by Gasteiger charge is 2.99. The molecule has 2 aromatic rings. The molecule has 3 heterocycles. The molecular formula is C17H14N4O3. The van der Waals surface area contributed by atoms with Crippen LogP contribution in [0.1, 0.15) is 12.1 Å². The van der Waals surface area contributed by atoms with E-state index >= 15 is 0 Å². The lowest BCUT2D eigenvalue weighted by molar-refractivity contribution is -0.129. The standard InChI is InChI=1S/C17H14N4O3/c18-14(22)17-10-7-8-9(7)13(17)21-16(24)19(6-4-2-1-3-5-6)15(23)20(21)12(8)11(10)17/h1-5,7-13H,(H2,18,22)/t7-,8-,9+,10-,11+,12-,13-,17+/m1/s1. The highest BCUT2D eigenvalue weighted by Crippen LogP contribution is 2.96. The molecule has 1 aromatic heterocycles. The molecule has 7 nitrogen and oxygen atoms in total. The summed E-state index contributed by atoms with van der Waals surface area (Å²) >= 11 is 0. The van der Waals surface area contributed by atoms with Gasteiger partial charge in [0.15, 0.2) is 0 Å². The monoisotopic (exact) mass is 322 g/mol. The predicted octanol–water partition coefficient (Wildman–Crippen LogP) is -0.496. The van der Waals surface area contributed by atoms with Gasteiger partial charge in [0.1, 0.15) is 0 Å². The van der Waals surface area contributed by atoms with Gasteiger partial charge in [0.05, 0.1) is 23.2 Å². The second-order valence-electron chi connectivity index (χ2n) is 7.94. The number of carbonyl (C=O) groups is 1. The van der Waals surface area contributed by atoms with Crippen LogP contribution in [-0.2, 0) is 4.79 Å². The van der Waals surface area contributed by atoms with E-state index in [1.807, 2.05) is 6.07 Å². The van der Waals surface area contributed by atoms with Gasteiger partial charge in [-0.05, 0) is 35.8 Å². The number of para-hydroxylation sites is 1. The summed E-state index contributed by atoms with van der Waals surface area (Å²) in [6.07, 6.45) is 0. The zero-order valence-corrected chi connectivity index (χ0v) is 12.6. The van der Waals surface area contributed by atoms with Crippen LogP contribution in [0, 0.1) is 35.0 Å². The fourth-order valence-electron chi connectivity index (χ4n) is 7.16. The number of aromatic nitrogens is 3. The molecular weight excluding hydrogens is 308 g/mol. The zero-order valence-electron chi connectivity index (χ0n) is 12.6. The van der Waals surface area contributed by atoms with Crippen LogP contribution in [0.25, 0.3) is 5.69 Å². The van der Waals surface area contributed by atoms with E-state index < -0.39 is 5.41 Å². The second-order valence-corrected chi connectivity index (χ2v) is 7.94. The van der Waals surface area contributed by atoms with Crippen molar-refractivity contribution in [3.05, 3.63) is 51.3 Å². The lowest BCUT2D eigenvalue weighted by atomic mass is 9.78. The summed E-state index contributed by atoms with van der Waals surface area (Å²) in [4.78, 5) is 38.4. The van der Waals surface area contributed by atoms with Crippen LogP contribution in [0.5, 0.6) is 0 Å². The minimum absolute atomic E-state index is 0.0207. The van der Waals surface area contributed by atoms with E-state index in [9.17, 15) is 14.4 Å². The van der Waals surface area contributed by atoms with E-state index in [0.29, 0.717) is 29.4 Å². The van der Waals surface area contributed by atoms with Crippen LogP contribution in [0.4, 0.5) is 0 Å². The highest BCUT2D eigenvalue weighted by molar-refractivity contribution is 5.89. The van der Waals surface area contributed by atoms with Gasteiger partial charge in [-0.15, -0.1) is 0 Å². The van der Waals surface area contributed by atoms with E-state index in [1.165, 1.54) is 4.57 Å². The van der Waals surface area contributed by atoms with Gasteiger partial charge in [-0.1, -0.05) is 18.2 Å². The van der Waals surface area contributed by atoms with Gasteiger partial charge in [-0.25, -0.2) is 23.5 Å². The van der Waals surface area contributed by atoms with Crippen LogP contribution in [0.2, 0.25) is 0 Å². The molecule has 24 heavy (non-hydrogen) atoms. The summed E-state index contributed by atoms with van der Waals surface area (Å²) in [5, 5.41) is 0. The van der Waals surface area contributed by atoms with E-state index in [1.54, 1.807) is 33.6 Å². The minimum atomic E-state index is -0.562. The van der Waals surface area contributed by atoms with Crippen molar-refractivity contribution in [3.8, 4) is 5.69 Å². The summed E-state index contributed by atoms with van der Waals surface area (Å²) in [5.74, 6) is 1.52. The molecule has 2 N–H and O–H groups in total. The normalized spacial score (nSPS) is 46.8. The van der Waals surface area contributed by atoms with Crippen LogP contribution in [0.3, 0.4) is 0 Å². The van der Waals surface area contributed by atoms with Gasteiger partial charge in [0.25, 0.3) is 0 Å². The molecule has 4 saturated carbocycles. The van der Waals surface area contributed by atoms with Gasteiger partial charge >= 0.3 is 11.4 Å². The number of hydrogen-bond donors (Lipinski definition) is 1. The van der Waals surface area contributed by atoms with Crippen molar-refractivity contribution in [2.45, 2.75) is 12.1 Å². The molecule has 2 aliphatic heterocycles. The maximum absolute atomic E-state index is 13.1. The molecule has 2 bridgehead atoms. The molecule has 1 aromatic carbocycles. The van der Waals surface area contributed by atoms with E-state index in [4.69, 9.17) is 5.73 Å². The average Bonchev–Trinajstić information content (AvgIpc) is 3.37. The Hall–Kier alpha value is -2.57. The van der Waals surface area contributed by atoms with Crippen molar-refractivity contribution >= 4 is 5.91 Å². The Morgan fingerprint density at radius 2 is 1.67 bits per heavy atom. The van der Waals surface area contributed by atoms with Crippen LogP contribution < -0.4 is 17.1 Å².